The molecule has 0 heterocycles. The van der Waals surface area contributed by atoms with Crippen molar-refractivity contribution in [2.75, 3.05) is 0 Å². The highest BCUT2D eigenvalue weighted by molar-refractivity contribution is 5.84. The Balaban J connectivity index is 1.75. The van der Waals surface area contributed by atoms with Crippen molar-refractivity contribution in [3.63, 3.8) is 0 Å². The molecule has 1 heteroatoms. The first kappa shape index (κ1) is 13.1. The average molecular weight is 272 g/mol. The molecule has 3 saturated carbocycles. The summed E-state index contributed by atoms with van der Waals surface area (Å²) >= 11 is 0. The number of rotatable bonds is 0. The third kappa shape index (κ3) is 1.58. The third-order valence-electron chi connectivity index (χ3n) is 7.59. The quantitative estimate of drug-likeness (QED) is 0.581. The minimum Gasteiger partial charge on any atom is -0.299 e. The predicted octanol–water partition coefficient (Wildman–Crippen LogP) is 4.76. The van der Waals surface area contributed by atoms with Gasteiger partial charge < -0.3 is 0 Å². The van der Waals surface area contributed by atoms with E-state index in [9.17, 15) is 4.79 Å². The van der Waals surface area contributed by atoms with Crippen molar-refractivity contribution in [2.45, 2.75) is 65.2 Å². The number of ketones is 1. The lowest BCUT2D eigenvalue weighted by Crippen LogP contribution is -2.55. The van der Waals surface area contributed by atoms with Crippen molar-refractivity contribution >= 4 is 5.78 Å². The molecule has 1 unspecified atom stereocenters. The van der Waals surface area contributed by atoms with Gasteiger partial charge in [0.15, 0.2) is 0 Å². The zero-order valence-electron chi connectivity index (χ0n) is 13.0. The van der Waals surface area contributed by atoms with E-state index in [0.29, 0.717) is 23.0 Å². The van der Waals surface area contributed by atoms with Crippen LogP contribution < -0.4 is 0 Å². The number of carbonyl (C=O) groups is 1. The zero-order chi connectivity index (χ0) is 14.0. The molecule has 110 valence electrons. The molecule has 6 atom stereocenters. The van der Waals surface area contributed by atoms with Crippen molar-refractivity contribution < 1.29 is 4.79 Å². The van der Waals surface area contributed by atoms with Gasteiger partial charge in [0.1, 0.15) is 5.78 Å². The second kappa shape index (κ2) is 4.21. The van der Waals surface area contributed by atoms with Crippen LogP contribution in [0.1, 0.15) is 65.2 Å². The highest BCUT2D eigenvalue weighted by Crippen LogP contribution is 2.64. The summed E-state index contributed by atoms with van der Waals surface area (Å²) in [6.45, 7) is 4.81. The van der Waals surface area contributed by atoms with Crippen LogP contribution in [-0.2, 0) is 4.79 Å². The normalized spacial score (nSPS) is 54.2. The van der Waals surface area contributed by atoms with Crippen molar-refractivity contribution in [3.8, 4) is 0 Å². The molecule has 0 N–H and O–H groups in total. The molecule has 0 aromatic heterocycles. The first-order chi connectivity index (χ1) is 9.55. The summed E-state index contributed by atoms with van der Waals surface area (Å²) in [5.41, 5.74) is 0.530. The van der Waals surface area contributed by atoms with E-state index in [4.69, 9.17) is 0 Å². The second-order valence-electron chi connectivity index (χ2n) is 8.56. The van der Waals surface area contributed by atoms with Crippen LogP contribution in [0.3, 0.4) is 0 Å². The second-order valence-corrected chi connectivity index (χ2v) is 8.56. The largest absolute Gasteiger partial charge is 0.299 e. The van der Waals surface area contributed by atoms with Gasteiger partial charge in [0.05, 0.1) is 0 Å². The van der Waals surface area contributed by atoms with Gasteiger partial charge in [-0.15, -0.1) is 0 Å². The Hall–Kier alpha value is -0.590. The van der Waals surface area contributed by atoms with Gasteiger partial charge in [-0.05, 0) is 67.1 Å². The van der Waals surface area contributed by atoms with Crippen LogP contribution in [0.15, 0.2) is 12.2 Å². The van der Waals surface area contributed by atoms with Gasteiger partial charge >= 0.3 is 0 Å². The fraction of sp³-hybridized carbons (Fsp3) is 0.842. The highest BCUT2D eigenvalue weighted by Gasteiger charge is 2.59. The van der Waals surface area contributed by atoms with E-state index in [2.05, 4.69) is 26.0 Å². The molecule has 0 spiro atoms. The maximum absolute atomic E-state index is 13.0. The molecule has 0 aromatic carbocycles. The van der Waals surface area contributed by atoms with Crippen LogP contribution in [0.4, 0.5) is 0 Å². The summed E-state index contributed by atoms with van der Waals surface area (Å²) in [4.78, 5) is 13.0. The molecule has 0 amide bonds. The molecule has 4 aliphatic carbocycles. The van der Waals surface area contributed by atoms with E-state index in [1.807, 2.05) is 0 Å². The van der Waals surface area contributed by atoms with Gasteiger partial charge in [0.2, 0.25) is 0 Å². The van der Waals surface area contributed by atoms with Crippen molar-refractivity contribution in [2.24, 2.45) is 34.5 Å². The number of fused-ring (bicyclic) bond motifs is 5. The average Bonchev–Trinajstić information content (AvgIpc) is 2.78. The van der Waals surface area contributed by atoms with Crippen molar-refractivity contribution in [1.82, 2.24) is 0 Å². The van der Waals surface area contributed by atoms with Gasteiger partial charge in [0.25, 0.3) is 0 Å². The Labute approximate surface area is 123 Å². The van der Waals surface area contributed by atoms with Gasteiger partial charge in [-0.2, -0.15) is 0 Å². The Bertz CT molecular complexity index is 464. The van der Waals surface area contributed by atoms with Crippen LogP contribution in [0, 0.1) is 34.5 Å². The lowest BCUT2D eigenvalue weighted by Gasteiger charge is -2.57. The predicted molar refractivity (Wildman–Crippen MR) is 81.3 cm³/mol. The van der Waals surface area contributed by atoms with E-state index in [1.165, 1.54) is 44.9 Å². The highest BCUT2D eigenvalue weighted by atomic mass is 16.1. The van der Waals surface area contributed by atoms with Crippen LogP contribution in [0.5, 0.6) is 0 Å². The summed E-state index contributed by atoms with van der Waals surface area (Å²) in [5, 5.41) is 0. The Kier molecular flexibility index (Phi) is 2.76. The molecular formula is C19H28O. The summed E-state index contributed by atoms with van der Waals surface area (Å²) in [6.07, 6.45) is 14.9. The third-order valence-corrected chi connectivity index (χ3v) is 7.59. The molecule has 4 rings (SSSR count). The number of Topliss-reactive ketones (excluding diaryl/α,β-unsaturated/α-hetero) is 1. The lowest BCUT2D eigenvalue weighted by atomic mass is 9.46. The van der Waals surface area contributed by atoms with Gasteiger partial charge in [-0.3, -0.25) is 4.79 Å². The molecule has 4 aliphatic rings. The summed E-state index contributed by atoms with van der Waals surface area (Å²) in [6, 6.07) is 0. The lowest BCUT2D eigenvalue weighted by molar-refractivity contribution is -0.147. The van der Waals surface area contributed by atoms with E-state index in [1.54, 1.807) is 0 Å². The summed E-state index contributed by atoms with van der Waals surface area (Å²) < 4.78 is 0. The van der Waals surface area contributed by atoms with E-state index in [0.717, 1.165) is 18.3 Å². The molecule has 0 radical (unpaired) electrons. The monoisotopic (exact) mass is 272 g/mol. The molecule has 0 saturated heterocycles. The Morgan fingerprint density at radius 3 is 2.85 bits per heavy atom. The first-order valence-corrected chi connectivity index (χ1v) is 8.75. The topological polar surface area (TPSA) is 17.1 Å². The minimum atomic E-state index is 0.183. The number of hydrogen-bond acceptors (Lipinski definition) is 1. The summed E-state index contributed by atoms with van der Waals surface area (Å²) in [5.74, 6) is 3.23. The van der Waals surface area contributed by atoms with Gasteiger partial charge in [0, 0.05) is 12.3 Å². The smallest absolute Gasteiger partial charge is 0.137 e. The van der Waals surface area contributed by atoms with Crippen LogP contribution in [0.2, 0.25) is 0 Å². The number of allylic oxidation sites excluding steroid dienone is 2. The fourth-order valence-electron chi connectivity index (χ4n) is 6.65. The standard InChI is InChI=1S/C19H28O/c1-18-10-5-7-15(18)14-9-8-13-6-3-4-11-19(13,2)17(14)16(20)12-18/h4,11,13-15,17H,3,5-10,12H2,1-2H3/t13?,14-,15-,17-,18-,19-/m0/s1. The fourth-order valence-corrected chi connectivity index (χ4v) is 6.65. The van der Waals surface area contributed by atoms with Gasteiger partial charge in [-0.25, -0.2) is 0 Å². The van der Waals surface area contributed by atoms with E-state index < -0.39 is 0 Å². The molecule has 0 aliphatic heterocycles. The molecule has 0 bridgehead atoms. The molecule has 0 aromatic rings. The Morgan fingerprint density at radius 2 is 2.00 bits per heavy atom. The number of carbonyl (C=O) groups excluding carboxylic acids is 1. The molecule has 20 heavy (non-hydrogen) atoms. The SMILES string of the molecule is C[C@@]12CCC[C@H]1[C@@H]1CCC3CCC=C[C@]3(C)[C@@H]1C(=O)C2. The maximum Gasteiger partial charge on any atom is 0.137 e. The van der Waals surface area contributed by atoms with E-state index >= 15 is 0 Å². The van der Waals surface area contributed by atoms with Crippen LogP contribution in [-0.4, -0.2) is 5.78 Å². The molecule has 3 fully saturated rings. The van der Waals surface area contributed by atoms with Crippen molar-refractivity contribution in [1.29, 1.82) is 0 Å². The minimum absolute atomic E-state index is 0.183. The number of hydrogen-bond donors (Lipinski definition) is 0. The molecule has 1 nitrogen and oxygen atoms in total. The first-order valence-electron chi connectivity index (χ1n) is 8.75. The van der Waals surface area contributed by atoms with Gasteiger partial charge in [-0.1, -0.05) is 32.4 Å². The Morgan fingerprint density at radius 1 is 1.15 bits per heavy atom. The van der Waals surface area contributed by atoms with Crippen molar-refractivity contribution in [3.05, 3.63) is 12.2 Å². The van der Waals surface area contributed by atoms with Crippen LogP contribution >= 0.6 is 0 Å². The molecular weight excluding hydrogens is 244 g/mol. The maximum atomic E-state index is 13.0. The van der Waals surface area contributed by atoms with E-state index in [-0.39, 0.29) is 5.41 Å². The zero-order valence-corrected chi connectivity index (χ0v) is 13.0. The summed E-state index contributed by atoms with van der Waals surface area (Å²) in [7, 11) is 0. The van der Waals surface area contributed by atoms with Crippen LogP contribution in [0.25, 0.3) is 0 Å².